The van der Waals surface area contributed by atoms with E-state index in [1.54, 1.807) is 12.1 Å². The van der Waals surface area contributed by atoms with Gasteiger partial charge in [0.25, 0.3) is 0 Å². The molecule has 1 aliphatic heterocycles. The number of fused-ring (bicyclic) bond motifs is 1. The van der Waals surface area contributed by atoms with E-state index in [-0.39, 0.29) is 0 Å². The van der Waals surface area contributed by atoms with Crippen LogP contribution in [0.5, 0.6) is 11.5 Å². The van der Waals surface area contributed by atoms with Crippen molar-refractivity contribution >= 4 is 17.6 Å². The van der Waals surface area contributed by atoms with Crippen molar-refractivity contribution in [3.8, 4) is 11.5 Å². The predicted octanol–water partition coefficient (Wildman–Crippen LogP) is 6.69. The first-order valence-corrected chi connectivity index (χ1v) is 11.1. The highest BCUT2D eigenvalue weighted by atomic mass is 35.5. The van der Waals surface area contributed by atoms with E-state index >= 15 is 0 Å². The number of hydrogen-bond acceptors (Lipinski definition) is 4. The maximum absolute atomic E-state index is 13.3. The average molecular weight is 448 g/mol. The van der Waals surface area contributed by atoms with E-state index in [0.29, 0.717) is 47.3 Å². The van der Waals surface area contributed by atoms with Crippen LogP contribution >= 0.6 is 11.6 Å². The maximum atomic E-state index is 13.3. The molecule has 1 heterocycles. The minimum atomic E-state index is -0.478. The lowest BCUT2D eigenvalue weighted by Crippen LogP contribution is -2.15. The summed E-state index contributed by atoms with van der Waals surface area (Å²) in [6, 6.07) is 18.9. The van der Waals surface area contributed by atoms with Crippen LogP contribution in [0.4, 0.5) is 0 Å². The highest BCUT2D eigenvalue weighted by Crippen LogP contribution is 2.43. The molecule has 3 aromatic rings. The zero-order valence-corrected chi connectivity index (χ0v) is 19.1. The largest absolute Gasteiger partial charge is 0.488 e. The minimum absolute atomic E-state index is 0.342. The quantitative estimate of drug-likeness (QED) is 0.299. The van der Waals surface area contributed by atoms with Crippen molar-refractivity contribution in [2.75, 3.05) is 0 Å². The molecule has 3 aromatic carbocycles. The summed E-state index contributed by atoms with van der Waals surface area (Å²) in [7, 11) is 0. The molecule has 1 aliphatic rings. The fraction of sp³-hybridized carbons (Fsp3) is 0.222. The van der Waals surface area contributed by atoms with E-state index in [4.69, 9.17) is 21.1 Å². The maximum Gasteiger partial charge on any atom is 0.347 e. The van der Waals surface area contributed by atoms with E-state index in [1.807, 2.05) is 55.5 Å². The number of nitrogens with zero attached hydrogens (tertiary/aromatic N) is 1. The number of esters is 1. The summed E-state index contributed by atoms with van der Waals surface area (Å²) >= 11 is 6.77. The third-order valence-electron chi connectivity index (χ3n) is 5.77. The molecule has 0 N–H and O–H groups in total. The molecule has 164 valence electrons. The zero-order chi connectivity index (χ0) is 22.7. The van der Waals surface area contributed by atoms with E-state index in [0.717, 1.165) is 28.8 Å². The van der Waals surface area contributed by atoms with Gasteiger partial charge in [-0.2, -0.15) is 0 Å². The molecule has 0 unspecified atom stereocenters. The van der Waals surface area contributed by atoms with Crippen molar-refractivity contribution in [3.05, 3.63) is 106 Å². The monoisotopic (exact) mass is 447 g/mol. The number of carbonyl (C=O) groups excluding carboxylic acids is 1. The highest BCUT2D eigenvalue weighted by molar-refractivity contribution is 6.33. The Morgan fingerprint density at radius 1 is 1.03 bits per heavy atom. The number of allylic oxidation sites excluding steroid dienone is 1. The lowest BCUT2D eigenvalue weighted by molar-refractivity contribution is 0.0728. The van der Waals surface area contributed by atoms with Crippen molar-refractivity contribution in [2.24, 2.45) is 0 Å². The number of halogens is 1. The van der Waals surface area contributed by atoms with E-state index in [9.17, 15) is 4.79 Å². The summed E-state index contributed by atoms with van der Waals surface area (Å²) < 4.78 is 12.0. The fourth-order valence-corrected chi connectivity index (χ4v) is 4.19. The number of ether oxygens (including phenoxy) is 2. The topological polar surface area (TPSA) is 38.8 Å². The second-order valence-electron chi connectivity index (χ2n) is 7.85. The van der Waals surface area contributed by atoms with Gasteiger partial charge < -0.3 is 14.4 Å². The highest BCUT2D eigenvalue weighted by Gasteiger charge is 2.32. The molecule has 0 spiro atoms. The molecular formula is C27H26ClNO3. The van der Waals surface area contributed by atoms with Gasteiger partial charge in [-0.1, -0.05) is 73.6 Å². The van der Waals surface area contributed by atoms with Crippen molar-refractivity contribution in [1.82, 2.24) is 4.90 Å². The molecule has 32 heavy (non-hydrogen) atoms. The Hall–Kier alpha value is -3.24. The third kappa shape index (κ3) is 4.37. The van der Waals surface area contributed by atoms with Gasteiger partial charge in [0.15, 0.2) is 0 Å². The molecule has 4 nitrogen and oxygen atoms in total. The van der Waals surface area contributed by atoms with Gasteiger partial charge >= 0.3 is 5.97 Å². The number of para-hydroxylation sites is 1. The van der Waals surface area contributed by atoms with Crippen LogP contribution in [0.25, 0.3) is 0 Å². The molecule has 0 bridgehead atoms. The number of carbonyl (C=O) groups is 1. The zero-order valence-electron chi connectivity index (χ0n) is 18.4. The van der Waals surface area contributed by atoms with Gasteiger partial charge in [-0.15, -0.1) is 0 Å². The van der Waals surface area contributed by atoms with Crippen molar-refractivity contribution < 1.29 is 14.3 Å². The van der Waals surface area contributed by atoms with E-state index < -0.39 is 5.97 Å². The SMILES string of the molecule is C=C(CC)N1Cc2c(Cl)c(C)c(C(=O)Oc3ccccc3)c(OCc3ccccc3)c2C1. The second kappa shape index (κ2) is 9.49. The first kappa shape index (κ1) is 22.0. The summed E-state index contributed by atoms with van der Waals surface area (Å²) in [5, 5.41) is 0.582. The van der Waals surface area contributed by atoms with Gasteiger partial charge in [-0.05, 0) is 42.2 Å². The van der Waals surface area contributed by atoms with Crippen LogP contribution in [0.15, 0.2) is 72.9 Å². The summed E-state index contributed by atoms with van der Waals surface area (Å²) in [6.45, 7) is 9.69. The van der Waals surface area contributed by atoms with Crippen LogP contribution in [0, 0.1) is 6.92 Å². The Balaban J connectivity index is 1.76. The van der Waals surface area contributed by atoms with Crippen LogP contribution in [0.3, 0.4) is 0 Å². The van der Waals surface area contributed by atoms with Crippen LogP contribution in [-0.2, 0) is 19.7 Å². The molecule has 0 amide bonds. The first-order valence-electron chi connectivity index (χ1n) is 10.7. The molecule has 0 saturated carbocycles. The van der Waals surface area contributed by atoms with Gasteiger partial charge in [-0.25, -0.2) is 4.79 Å². The van der Waals surface area contributed by atoms with Gasteiger partial charge in [0.05, 0.1) is 0 Å². The molecule has 0 saturated heterocycles. The van der Waals surface area contributed by atoms with Crippen molar-refractivity contribution in [1.29, 1.82) is 0 Å². The number of rotatable bonds is 7. The van der Waals surface area contributed by atoms with E-state index in [1.165, 1.54) is 0 Å². The molecular weight excluding hydrogens is 422 g/mol. The molecule has 0 fully saturated rings. The average Bonchev–Trinajstić information content (AvgIpc) is 3.27. The lowest BCUT2D eigenvalue weighted by Gasteiger charge is -2.20. The summed E-state index contributed by atoms with van der Waals surface area (Å²) in [5.41, 5.74) is 4.99. The van der Waals surface area contributed by atoms with Gasteiger partial charge in [0.1, 0.15) is 23.7 Å². The Kier molecular flexibility index (Phi) is 6.52. The first-order chi connectivity index (χ1) is 15.5. The van der Waals surface area contributed by atoms with Gasteiger partial charge in [-0.3, -0.25) is 0 Å². The normalized spacial score (nSPS) is 12.4. The Labute approximate surface area is 194 Å². The van der Waals surface area contributed by atoms with Gasteiger partial charge in [0, 0.05) is 29.4 Å². The van der Waals surface area contributed by atoms with Crippen molar-refractivity contribution in [2.45, 2.75) is 40.0 Å². The standard InChI is InChI=1S/C27H26ClNO3/c1-4-18(2)29-15-22-23(16-29)26(31-17-20-11-7-5-8-12-20)24(19(3)25(22)28)27(30)32-21-13-9-6-10-14-21/h5-14H,2,4,15-17H2,1,3H3. The number of hydrogen-bond donors (Lipinski definition) is 0. The van der Waals surface area contributed by atoms with Gasteiger partial charge in [0.2, 0.25) is 0 Å². The summed E-state index contributed by atoms with van der Waals surface area (Å²) in [6.07, 6.45) is 0.841. The Bertz CT molecular complexity index is 1140. The van der Waals surface area contributed by atoms with Crippen molar-refractivity contribution in [3.63, 3.8) is 0 Å². The summed E-state index contributed by atoms with van der Waals surface area (Å²) in [5.74, 6) is 0.538. The van der Waals surface area contributed by atoms with Crippen LogP contribution in [0.1, 0.15) is 46.0 Å². The third-order valence-corrected chi connectivity index (χ3v) is 6.28. The van der Waals surface area contributed by atoms with Crippen LogP contribution in [0.2, 0.25) is 5.02 Å². The predicted molar refractivity (Wildman–Crippen MR) is 127 cm³/mol. The Morgan fingerprint density at radius 2 is 1.66 bits per heavy atom. The molecule has 0 aromatic heterocycles. The minimum Gasteiger partial charge on any atom is -0.488 e. The smallest absolute Gasteiger partial charge is 0.347 e. The second-order valence-corrected chi connectivity index (χ2v) is 8.23. The molecule has 4 rings (SSSR count). The molecule has 5 heteroatoms. The molecule has 0 atom stereocenters. The molecule has 0 radical (unpaired) electrons. The fourth-order valence-electron chi connectivity index (χ4n) is 3.93. The lowest BCUT2D eigenvalue weighted by atomic mass is 9.98. The summed E-state index contributed by atoms with van der Waals surface area (Å²) in [4.78, 5) is 15.5. The van der Waals surface area contributed by atoms with Crippen LogP contribution < -0.4 is 9.47 Å². The molecule has 0 aliphatic carbocycles. The van der Waals surface area contributed by atoms with Crippen LogP contribution in [-0.4, -0.2) is 10.9 Å². The van der Waals surface area contributed by atoms with E-state index in [2.05, 4.69) is 18.4 Å². The Morgan fingerprint density at radius 3 is 2.31 bits per heavy atom. The number of benzene rings is 3.